The maximum atomic E-state index is 11.1. The highest BCUT2D eigenvalue weighted by Gasteiger charge is 2.12. The summed E-state index contributed by atoms with van der Waals surface area (Å²) in [6.07, 6.45) is 7.20. The van der Waals surface area contributed by atoms with E-state index in [9.17, 15) is 4.79 Å². The second-order valence-corrected chi connectivity index (χ2v) is 5.12. The van der Waals surface area contributed by atoms with Gasteiger partial charge in [0.25, 0.3) is 0 Å². The van der Waals surface area contributed by atoms with Crippen molar-refractivity contribution >= 4 is 11.7 Å². The first-order chi connectivity index (χ1) is 9.56. The average Bonchev–Trinajstić information content (AvgIpc) is 2.41. The zero-order chi connectivity index (χ0) is 15.0. The molecule has 0 aliphatic rings. The number of aryl methyl sites for hydroxylation is 1. The Hall–Kier alpha value is -1.71. The summed E-state index contributed by atoms with van der Waals surface area (Å²) in [5.41, 5.74) is 6.90. The van der Waals surface area contributed by atoms with Gasteiger partial charge in [0.2, 0.25) is 0 Å². The topological polar surface area (TPSA) is 72.5 Å². The fourth-order valence-electron chi connectivity index (χ4n) is 2.10. The summed E-state index contributed by atoms with van der Waals surface area (Å²) >= 11 is 0. The number of ether oxygens (including phenoxy) is 1. The SMILES string of the molecule is CCCCCCCCOc1cc(C)c(N)c(C(=O)O)c1. The molecule has 0 saturated carbocycles. The Morgan fingerprint density at radius 3 is 2.50 bits per heavy atom. The summed E-state index contributed by atoms with van der Waals surface area (Å²) in [7, 11) is 0. The molecule has 0 unspecified atom stereocenters. The molecule has 1 aromatic rings. The molecule has 1 rings (SSSR count). The van der Waals surface area contributed by atoms with Crippen molar-refractivity contribution in [1.29, 1.82) is 0 Å². The average molecular weight is 279 g/mol. The van der Waals surface area contributed by atoms with Crippen molar-refractivity contribution in [3.05, 3.63) is 23.3 Å². The van der Waals surface area contributed by atoms with Crippen molar-refractivity contribution < 1.29 is 14.6 Å². The Labute approximate surface area is 120 Å². The number of aromatic carboxylic acids is 1. The van der Waals surface area contributed by atoms with Gasteiger partial charge in [-0.05, 0) is 31.0 Å². The molecule has 0 saturated heterocycles. The van der Waals surface area contributed by atoms with E-state index in [-0.39, 0.29) is 5.56 Å². The van der Waals surface area contributed by atoms with Crippen LogP contribution in [0.1, 0.15) is 61.4 Å². The Balaban J connectivity index is 2.43. The molecule has 0 spiro atoms. The van der Waals surface area contributed by atoms with Crippen LogP contribution in [0.2, 0.25) is 0 Å². The van der Waals surface area contributed by atoms with E-state index in [4.69, 9.17) is 15.6 Å². The van der Waals surface area contributed by atoms with E-state index >= 15 is 0 Å². The zero-order valence-corrected chi connectivity index (χ0v) is 12.4. The number of unbranched alkanes of at least 4 members (excludes halogenated alkanes) is 5. The van der Waals surface area contributed by atoms with Gasteiger partial charge in [0.1, 0.15) is 5.75 Å². The number of rotatable bonds is 9. The van der Waals surface area contributed by atoms with E-state index in [0.29, 0.717) is 18.0 Å². The van der Waals surface area contributed by atoms with E-state index in [1.807, 2.05) is 0 Å². The minimum Gasteiger partial charge on any atom is -0.494 e. The molecule has 1 aromatic carbocycles. The lowest BCUT2D eigenvalue weighted by atomic mass is 10.1. The molecule has 3 N–H and O–H groups in total. The summed E-state index contributed by atoms with van der Waals surface area (Å²) in [4.78, 5) is 11.1. The van der Waals surface area contributed by atoms with Crippen LogP contribution in [0.4, 0.5) is 5.69 Å². The van der Waals surface area contributed by atoms with Crippen LogP contribution in [-0.2, 0) is 0 Å². The highest BCUT2D eigenvalue weighted by Crippen LogP contribution is 2.24. The van der Waals surface area contributed by atoms with Crippen molar-refractivity contribution in [1.82, 2.24) is 0 Å². The molecule has 4 nitrogen and oxygen atoms in total. The lowest BCUT2D eigenvalue weighted by Crippen LogP contribution is -2.06. The smallest absolute Gasteiger partial charge is 0.337 e. The van der Waals surface area contributed by atoms with E-state index < -0.39 is 5.97 Å². The third-order valence-electron chi connectivity index (χ3n) is 3.36. The number of hydrogen-bond donors (Lipinski definition) is 2. The molecule has 0 amide bonds. The highest BCUT2D eigenvalue weighted by molar-refractivity contribution is 5.95. The maximum absolute atomic E-state index is 11.1. The molecule has 0 aromatic heterocycles. The minimum atomic E-state index is -1.02. The van der Waals surface area contributed by atoms with Crippen molar-refractivity contribution in [3.8, 4) is 5.75 Å². The van der Waals surface area contributed by atoms with Gasteiger partial charge in [0, 0.05) is 5.69 Å². The van der Waals surface area contributed by atoms with Crippen LogP contribution in [-0.4, -0.2) is 17.7 Å². The number of anilines is 1. The lowest BCUT2D eigenvalue weighted by Gasteiger charge is -2.10. The molecule has 0 aliphatic carbocycles. The fourth-order valence-corrected chi connectivity index (χ4v) is 2.10. The molecule has 4 heteroatoms. The van der Waals surface area contributed by atoms with Crippen LogP contribution >= 0.6 is 0 Å². The number of carboxylic acids is 1. The first-order valence-electron chi connectivity index (χ1n) is 7.32. The summed E-state index contributed by atoms with van der Waals surface area (Å²) in [6.45, 7) is 4.61. The van der Waals surface area contributed by atoms with Crippen LogP contribution in [0.5, 0.6) is 5.75 Å². The Bertz CT molecular complexity index is 444. The van der Waals surface area contributed by atoms with E-state index in [1.54, 1.807) is 13.0 Å². The molecular formula is C16H25NO3. The van der Waals surface area contributed by atoms with Crippen LogP contribution < -0.4 is 10.5 Å². The highest BCUT2D eigenvalue weighted by atomic mass is 16.5. The second kappa shape index (κ2) is 8.46. The standard InChI is InChI=1S/C16H25NO3/c1-3-4-5-6-7-8-9-20-13-10-12(2)15(17)14(11-13)16(18)19/h10-11H,3-9,17H2,1-2H3,(H,18,19). The van der Waals surface area contributed by atoms with Crippen LogP contribution in [0, 0.1) is 6.92 Å². The van der Waals surface area contributed by atoms with Crippen LogP contribution in [0.25, 0.3) is 0 Å². The number of benzene rings is 1. The second-order valence-electron chi connectivity index (χ2n) is 5.12. The van der Waals surface area contributed by atoms with Crippen molar-refractivity contribution in [2.75, 3.05) is 12.3 Å². The number of nitrogens with two attached hydrogens (primary N) is 1. The lowest BCUT2D eigenvalue weighted by molar-refractivity contribution is 0.0697. The predicted octanol–water partition coefficient (Wildman–Crippen LogP) is 4.01. The minimum absolute atomic E-state index is 0.114. The van der Waals surface area contributed by atoms with Gasteiger partial charge >= 0.3 is 5.97 Å². The summed E-state index contributed by atoms with van der Waals surface area (Å²) < 4.78 is 5.62. The predicted molar refractivity (Wildman–Crippen MR) is 81.4 cm³/mol. The number of hydrogen-bond acceptors (Lipinski definition) is 3. The maximum Gasteiger partial charge on any atom is 0.337 e. The van der Waals surface area contributed by atoms with E-state index in [0.717, 1.165) is 18.4 Å². The summed E-state index contributed by atoms with van der Waals surface area (Å²) in [5, 5.41) is 9.07. The number of carboxylic acid groups (broad SMARTS) is 1. The molecular weight excluding hydrogens is 254 g/mol. The fraction of sp³-hybridized carbons (Fsp3) is 0.562. The van der Waals surface area contributed by atoms with Crippen molar-refractivity contribution in [2.45, 2.75) is 52.4 Å². The molecule has 112 valence electrons. The van der Waals surface area contributed by atoms with Crippen LogP contribution in [0.3, 0.4) is 0 Å². The Kier molecular flexibility index (Phi) is 6.91. The van der Waals surface area contributed by atoms with Gasteiger partial charge in [-0.2, -0.15) is 0 Å². The molecule has 0 radical (unpaired) electrons. The molecule has 0 heterocycles. The van der Waals surface area contributed by atoms with Gasteiger partial charge in [-0.15, -0.1) is 0 Å². The monoisotopic (exact) mass is 279 g/mol. The summed E-state index contributed by atoms with van der Waals surface area (Å²) in [6, 6.07) is 3.29. The number of carbonyl (C=O) groups is 1. The largest absolute Gasteiger partial charge is 0.494 e. The molecule has 0 bridgehead atoms. The molecule has 0 atom stereocenters. The van der Waals surface area contributed by atoms with Gasteiger partial charge < -0.3 is 15.6 Å². The van der Waals surface area contributed by atoms with Crippen molar-refractivity contribution in [2.24, 2.45) is 0 Å². The van der Waals surface area contributed by atoms with E-state index in [1.165, 1.54) is 31.7 Å². The van der Waals surface area contributed by atoms with Gasteiger partial charge in [-0.25, -0.2) is 4.79 Å². The quantitative estimate of drug-likeness (QED) is 0.529. The third-order valence-corrected chi connectivity index (χ3v) is 3.36. The first-order valence-corrected chi connectivity index (χ1v) is 7.32. The molecule has 0 fully saturated rings. The normalized spacial score (nSPS) is 10.5. The zero-order valence-electron chi connectivity index (χ0n) is 12.4. The van der Waals surface area contributed by atoms with Gasteiger partial charge in [0.15, 0.2) is 0 Å². The Morgan fingerprint density at radius 2 is 1.85 bits per heavy atom. The number of nitrogen functional groups attached to an aromatic ring is 1. The third kappa shape index (κ3) is 5.11. The molecule has 0 aliphatic heterocycles. The van der Waals surface area contributed by atoms with Gasteiger partial charge in [-0.3, -0.25) is 0 Å². The summed E-state index contributed by atoms with van der Waals surface area (Å²) in [5.74, 6) is -0.432. The van der Waals surface area contributed by atoms with Crippen molar-refractivity contribution in [3.63, 3.8) is 0 Å². The van der Waals surface area contributed by atoms with Crippen LogP contribution in [0.15, 0.2) is 12.1 Å². The Morgan fingerprint density at radius 1 is 1.20 bits per heavy atom. The molecule has 20 heavy (non-hydrogen) atoms. The van der Waals surface area contributed by atoms with E-state index in [2.05, 4.69) is 6.92 Å². The van der Waals surface area contributed by atoms with Gasteiger partial charge in [0.05, 0.1) is 12.2 Å². The van der Waals surface area contributed by atoms with Gasteiger partial charge in [-0.1, -0.05) is 39.0 Å². The first kappa shape index (κ1) is 16.3.